The maximum Gasteiger partial charge on any atom is 0.260 e. The van der Waals surface area contributed by atoms with Gasteiger partial charge in [0, 0.05) is 26.2 Å². The third kappa shape index (κ3) is 5.58. The fraction of sp³-hybridized carbons (Fsp3) is 0.364. The van der Waals surface area contributed by atoms with Crippen molar-refractivity contribution in [2.75, 3.05) is 20.7 Å². The molecule has 27 heavy (non-hydrogen) atoms. The molecule has 0 radical (unpaired) electrons. The standard InChI is InChI=1S/C22H28N2O3/c1-15(2)19-9-6-16(3)20(12-19)27-14-21(25)24(5)13-17-7-10-18(11-8-17)22(26)23-4/h6-12,15H,13-14H2,1-5H3,(H,23,26). The van der Waals surface area contributed by atoms with E-state index in [0.717, 1.165) is 16.9 Å². The Hall–Kier alpha value is -2.82. The minimum absolute atomic E-state index is 0.00475. The van der Waals surface area contributed by atoms with Gasteiger partial charge < -0.3 is 15.0 Å². The van der Waals surface area contributed by atoms with Crippen LogP contribution in [0.2, 0.25) is 0 Å². The molecule has 2 aromatic rings. The number of hydrogen-bond acceptors (Lipinski definition) is 3. The summed E-state index contributed by atoms with van der Waals surface area (Å²) in [6, 6.07) is 13.3. The molecular formula is C22H28N2O3. The Morgan fingerprint density at radius 1 is 1.11 bits per heavy atom. The summed E-state index contributed by atoms with van der Waals surface area (Å²) in [6.07, 6.45) is 0. The first kappa shape index (κ1) is 20.5. The minimum Gasteiger partial charge on any atom is -0.483 e. The van der Waals surface area contributed by atoms with Crippen molar-refractivity contribution in [3.8, 4) is 5.75 Å². The van der Waals surface area contributed by atoms with Gasteiger partial charge in [0.1, 0.15) is 5.75 Å². The van der Waals surface area contributed by atoms with Crippen LogP contribution in [0.1, 0.15) is 46.8 Å². The van der Waals surface area contributed by atoms with E-state index in [1.54, 1.807) is 31.1 Å². The van der Waals surface area contributed by atoms with Crippen LogP contribution >= 0.6 is 0 Å². The van der Waals surface area contributed by atoms with Gasteiger partial charge >= 0.3 is 0 Å². The fourth-order valence-corrected chi connectivity index (χ4v) is 2.65. The van der Waals surface area contributed by atoms with Gasteiger partial charge in [-0.3, -0.25) is 9.59 Å². The lowest BCUT2D eigenvalue weighted by Gasteiger charge is -2.19. The number of carbonyl (C=O) groups excluding carboxylic acids is 2. The maximum absolute atomic E-state index is 12.4. The molecule has 5 heteroatoms. The van der Waals surface area contributed by atoms with E-state index in [9.17, 15) is 9.59 Å². The summed E-state index contributed by atoms with van der Waals surface area (Å²) in [6.45, 7) is 6.68. The molecule has 144 valence electrons. The van der Waals surface area contributed by atoms with E-state index in [1.807, 2.05) is 31.2 Å². The molecule has 0 aromatic heterocycles. The van der Waals surface area contributed by atoms with E-state index in [-0.39, 0.29) is 18.4 Å². The monoisotopic (exact) mass is 368 g/mol. The van der Waals surface area contributed by atoms with E-state index >= 15 is 0 Å². The highest BCUT2D eigenvalue weighted by molar-refractivity contribution is 5.93. The number of hydrogen-bond donors (Lipinski definition) is 1. The summed E-state index contributed by atoms with van der Waals surface area (Å²) in [7, 11) is 3.34. The highest BCUT2D eigenvalue weighted by atomic mass is 16.5. The fourth-order valence-electron chi connectivity index (χ4n) is 2.65. The smallest absolute Gasteiger partial charge is 0.260 e. The lowest BCUT2D eigenvalue weighted by Crippen LogP contribution is -2.31. The SMILES string of the molecule is CNC(=O)c1ccc(CN(C)C(=O)COc2cc(C(C)C)ccc2C)cc1. The largest absolute Gasteiger partial charge is 0.483 e. The van der Waals surface area contributed by atoms with Crippen LogP contribution in [-0.4, -0.2) is 37.4 Å². The number of amides is 2. The van der Waals surface area contributed by atoms with Crippen molar-refractivity contribution in [3.05, 3.63) is 64.7 Å². The van der Waals surface area contributed by atoms with Gasteiger partial charge in [-0.1, -0.05) is 38.1 Å². The van der Waals surface area contributed by atoms with Gasteiger partial charge in [-0.05, 0) is 47.7 Å². The molecule has 0 unspecified atom stereocenters. The number of ether oxygens (including phenoxy) is 1. The number of likely N-dealkylation sites (N-methyl/N-ethyl adjacent to an activating group) is 1. The lowest BCUT2D eigenvalue weighted by molar-refractivity contribution is -0.132. The molecular weight excluding hydrogens is 340 g/mol. The highest BCUT2D eigenvalue weighted by Crippen LogP contribution is 2.24. The molecule has 1 N–H and O–H groups in total. The number of nitrogens with one attached hydrogen (secondary N) is 1. The molecule has 0 fully saturated rings. The zero-order valence-corrected chi connectivity index (χ0v) is 16.7. The van der Waals surface area contributed by atoms with Crippen molar-refractivity contribution in [3.63, 3.8) is 0 Å². The average molecular weight is 368 g/mol. The van der Waals surface area contributed by atoms with Crippen LogP contribution in [0.25, 0.3) is 0 Å². The average Bonchev–Trinajstić information content (AvgIpc) is 2.66. The van der Waals surface area contributed by atoms with E-state index in [2.05, 4.69) is 25.2 Å². The minimum atomic E-state index is -0.127. The Kier molecular flexibility index (Phi) is 6.99. The van der Waals surface area contributed by atoms with Gasteiger partial charge in [-0.2, -0.15) is 0 Å². The van der Waals surface area contributed by atoms with Gasteiger partial charge in [0.15, 0.2) is 6.61 Å². The lowest BCUT2D eigenvalue weighted by atomic mass is 10.0. The molecule has 0 bridgehead atoms. The van der Waals surface area contributed by atoms with Crippen molar-refractivity contribution in [1.82, 2.24) is 10.2 Å². The molecule has 0 heterocycles. The zero-order chi connectivity index (χ0) is 20.0. The van der Waals surface area contributed by atoms with Gasteiger partial charge in [-0.25, -0.2) is 0 Å². The second-order valence-electron chi connectivity index (χ2n) is 6.99. The summed E-state index contributed by atoms with van der Waals surface area (Å²) < 4.78 is 5.77. The third-order valence-electron chi connectivity index (χ3n) is 4.52. The van der Waals surface area contributed by atoms with Crippen LogP contribution in [0.5, 0.6) is 5.75 Å². The Labute approximate surface area is 161 Å². The summed E-state index contributed by atoms with van der Waals surface area (Å²) in [4.78, 5) is 25.6. The molecule has 0 aliphatic rings. The van der Waals surface area contributed by atoms with Crippen LogP contribution in [0, 0.1) is 6.92 Å². The van der Waals surface area contributed by atoms with Gasteiger partial charge in [-0.15, -0.1) is 0 Å². The Morgan fingerprint density at radius 3 is 2.37 bits per heavy atom. The molecule has 2 aromatic carbocycles. The molecule has 0 atom stereocenters. The number of rotatable bonds is 7. The molecule has 0 saturated heterocycles. The van der Waals surface area contributed by atoms with E-state index in [0.29, 0.717) is 18.0 Å². The molecule has 5 nitrogen and oxygen atoms in total. The van der Waals surface area contributed by atoms with Gasteiger partial charge in [0.2, 0.25) is 0 Å². The summed E-state index contributed by atoms with van der Waals surface area (Å²) in [5.41, 5.74) is 3.75. The molecule has 0 spiro atoms. The van der Waals surface area contributed by atoms with Crippen LogP contribution in [0.4, 0.5) is 0 Å². The molecule has 0 aliphatic carbocycles. The predicted molar refractivity (Wildman–Crippen MR) is 107 cm³/mol. The first-order chi connectivity index (χ1) is 12.8. The molecule has 0 saturated carbocycles. The van der Waals surface area contributed by atoms with Crippen molar-refractivity contribution < 1.29 is 14.3 Å². The van der Waals surface area contributed by atoms with Gasteiger partial charge in [0.25, 0.3) is 11.8 Å². The summed E-state index contributed by atoms with van der Waals surface area (Å²) in [5.74, 6) is 0.931. The Balaban J connectivity index is 1.94. The summed E-state index contributed by atoms with van der Waals surface area (Å²) in [5, 5.41) is 2.59. The highest BCUT2D eigenvalue weighted by Gasteiger charge is 2.12. The second kappa shape index (κ2) is 9.21. The van der Waals surface area contributed by atoms with Crippen LogP contribution in [-0.2, 0) is 11.3 Å². The second-order valence-corrected chi connectivity index (χ2v) is 6.99. The normalized spacial score (nSPS) is 10.6. The topological polar surface area (TPSA) is 58.6 Å². The molecule has 2 amide bonds. The van der Waals surface area contributed by atoms with Crippen LogP contribution in [0.15, 0.2) is 42.5 Å². The summed E-state index contributed by atoms with van der Waals surface area (Å²) >= 11 is 0. The van der Waals surface area contributed by atoms with E-state index in [1.165, 1.54) is 5.56 Å². The Bertz CT molecular complexity index is 798. The predicted octanol–water partition coefficient (Wildman–Crippen LogP) is 3.52. The maximum atomic E-state index is 12.4. The quantitative estimate of drug-likeness (QED) is 0.813. The van der Waals surface area contributed by atoms with Crippen molar-refractivity contribution in [1.29, 1.82) is 0 Å². The molecule has 2 rings (SSSR count). The first-order valence-corrected chi connectivity index (χ1v) is 9.10. The molecule has 0 aliphatic heterocycles. The van der Waals surface area contributed by atoms with E-state index < -0.39 is 0 Å². The van der Waals surface area contributed by atoms with Crippen molar-refractivity contribution >= 4 is 11.8 Å². The number of benzene rings is 2. The van der Waals surface area contributed by atoms with Crippen molar-refractivity contribution in [2.24, 2.45) is 0 Å². The van der Waals surface area contributed by atoms with Crippen LogP contribution in [0.3, 0.4) is 0 Å². The van der Waals surface area contributed by atoms with E-state index in [4.69, 9.17) is 4.74 Å². The zero-order valence-electron chi connectivity index (χ0n) is 16.7. The van der Waals surface area contributed by atoms with Crippen molar-refractivity contribution in [2.45, 2.75) is 33.2 Å². The van der Waals surface area contributed by atoms with Crippen LogP contribution < -0.4 is 10.1 Å². The van der Waals surface area contributed by atoms with Gasteiger partial charge in [0.05, 0.1) is 0 Å². The first-order valence-electron chi connectivity index (χ1n) is 9.10. The third-order valence-corrected chi connectivity index (χ3v) is 4.52. The Morgan fingerprint density at radius 2 is 1.78 bits per heavy atom. The number of aryl methyl sites for hydroxylation is 1. The number of nitrogens with zero attached hydrogens (tertiary/aromatic N) is 1. The number of carbonyl (C=O) groups is 2.